The Kier molecular flexibility index (Phi) is 22.0. The third-order valence-corrected chi connectivity index (χ3v) is 15.3. The van der Waals surface area contributed by atoms with Crippen LogP contribution >= 0.6 is 23.5 Å². The van der Waals surface area contributed by atoms with Gasteiger partial charge in [0.2, 0.25) is 47.3 Å². The lowest BCUT2D eigenvalue weighted by molar-refractivity contribution is -0.142. The van der Waals surface area contributed by atoms with E-state index in [0.29, 0.717) is 41.9 Å². The lowest BCUT2D eigenvalue weighted by Crippen LogP contribution is -2.62. The summed E-state index contributed by atoms with van der Waals surface area (Å²) in [6, 6.07) is 16.5. The smallest absolute Gasteiger partial charge is 0.245 e. The minimum Gasteiger partial charge on any atom is -0.361 e. The Morgan fingerprint density at radius 3 is 1.61 bits per heavy atom. The van der Waals surface area contributed by atoms with Gasteiger partial charge >= 0.3 is 0 Å². The van der Waals surface area contributed by atoms with E-state index in [2.05, 4.69) is 42.2 Å². The van der Waals surface area contributed by atoms with Crippen LogP contribution in [-0.2, 0) is 57.6 Å². The number of nitrogens with zero attached hydrogens (tertiary/aromatic N) is 1. The molecule has 2 saturated heterocycles. The van der Waals surface area contributed by atoms with E-state index in [9.17, 15) is 38.4 Å². The van der Waals surface area contributed by atoms with Crippen LogP contribution < -0.4 is 37.2 Å². The molecule has 0 unspecified atom stereocenters. The molecule has 8 amide bonds. The zero-order chi connectivity index (χ0) is 54.0. The Morgan fingerprint density at radius 1 is 0.547 bits per heavy atom. The largest absolute Gasteiger partial charge is 0.361 e. The first-order chi connectivity index (χ1) is 36.1. The van der Waals surface area contributed by atoms with Gasteiger partial charge in [0.15, 0.2) is 0 Å². The van der Waals surface area contributed by atoms with Crippen LogP contribution in [0.1, 0.15) is 82.9 Å². The Balaban J connectivity index is 1.45. The van der Waals surface area contributed by atoms with Gasteiger partial charge in [0.25, 0.3) is 0 Å². The number of rotatable bonds is 16. The normalized spacial score (nSPS) is 24.5. The fourth-order valence-electron chi connectivity index (χ4n) is 9.63. The molecule has 17 nitrogen and oxygen atoms in total. The zero-order valence-electron chi connectivity index (χ0n) is 43.9. The van der Waals surface area contributed by atoms with E-state index < -0.39 is 102 Å². The first-order valence-corrected chi connectivity index (χ1v) is 28.9. The van der Waals surface area contributed by atoms with Gasteiger partial charge in [0.05, 0.1) is 0 Å². The number of carbonyl (C=O) groups excluding carboxylic acids is 8. The summed E-state index contributed by atoms with van der Waals surface area (Å²) in [6.45, 7) is 7.72. The summed E-state index contributed by atoms with van der Waals surface area (Å²) >= 11 is 2.97. The van der Waals surface area contributed by atoms with Crippen LogP contribution in [0.5, 0.6) is 0 Å². The van der Waals surface area contributed by atoms with Crippen LogP contribution in [-0.4, -0.2) is 136 Å². The van der Waals surface area contributed by atoms with Crippen molar-refractivity contribution in [3.05, 3.63) is 108 Å². The van der Waals surface area contributed by atoms with Gasteiger partial charge in [-0.2, -0.15) is 23.5 Å². The van der Waals surface area contributed by atoms with Gasteiger partial charge in [0.1, 0.15) is 48.3 Å². The summed E-state index contributed by atoms with van der Waals surface area (Å²) < 4.78 is 0. The standard InChI is InChI=1S/C56H75N9O8S2/c1-7-35(4)48-55(72)58-41(24-27-74-5)49(66)60-43(29-34(2)3)50(67)59-42(25-28-75-6)56(73)65-26-16-23-47(65)54(71)63-45(31-37-19-12-9-13-20-37)52(69)61-44(30-36-17-10-8-11-18-36)51(68)62-46(53(70)64-48)32-38-33-57-40-22-15-14-21-39(38)40/h8-15,17-22,33-35,41-48,57H,7,16,23-32H2,1-6H3,(H,58,72)(H,59,67)(H,60,66)(H,61,69)(H,62,68)(H,63,71)(H,64,70)/t35-,41-,42-,43-,44-,45-,46-,47-,48-/m0/s1. The number of carbonyl (C=O) groups is 8. The Bertz CT molecular complexity index is 2580. The second-order valence-corrected chi connectivity index (χ2v) is 22.0. The van der Waals surface area contributed by atoms with E-state index >= 15 is 0 Å². The third-order valence-electron chi connectivity index (χ3n) is 14.0. The lowest BCUT2D eigenvalue weighted by Gasteiger charge is -2.32. The first kappa shape index (κ1) is 57.9. The quantitative estimate of drug-likeness (QED) is 0.0797. The molecule has 75 heavy (non-hydrogen) atoms. The molecule has 19 heteroatoms. The molecule has 6 rings (SSSR count). The molecule has 0 radical (unpaired) electrons. The number of aromatic nitrogens is 1. The highest BCUT2D eigenvalue weighted by atomic mass is 32.2. The van der Waals surface area contributed by atoms with Crippen molar-refractivity contribution in [2.24, 2.45) is 11.8 Å². The number of para-hydroxylation sites is 1. The molecule has 9 atom stereocenters. The molecule has 4 aromatic rings. The second kappa shape index (κ2) is 28.5. The summed E-state index contributed by atoms with van der Waals surface area (Å²) in [5.41, 5.74) is 2.95. The van der Waals surface area contributed by atoms with Crippen molar-refractivity contribution in [1.82, 2.24) is 47.1 Å². The summed E-state index contributed by atoms with van der Waals surface area (Å²) in [4.78, 5) is 122. The molecular weight excluding hydrogens is 991 g/mol. The minimum absolute atomic E-state index is 0.00925. The molecule has 2 aliphatic heterocycles. The SMILES string of the molecule is CC[C@H](C)[C@@H]1NC(=O)[C@H](Cc2c[nH]c3ccccc23)NC(=O)[C@H](Cc2ccccc2)NC(=O)[C@H](Cc2ccccc2)NC(=O)[C@@H]2CCCN2C(=O)[C@H](CCSC)NC(=O)[C@H](CC(C)C)NC(=O)[C@H](CCSC)NC1=O. The molecule has 2 fully saturated rings. The molecule has 1 aromatic heterocycles. The Hall–Kier alpha value is -6.34. The number of amides is 8. The van der Waals surface area contributed by atoms with Gasteiger partial charge in [-0.3, -0.25) is 38.4 Å². The third kappa shape index (κ3) is 16.3. The van der Waals surface area contributed by atoms with E-state index in [1.165, 1.54) is 28.4 Å². The number of hydrogen-bond donors (Lipinski definition) is 8. The topological polar surface area (TPSA) is 240 Å². The van der Waals surface area contributed by atoms with Crippen LogP contribution in [0, 0.1) is 11.8 Å². The average molecular weight is 1070 g/mol. The highest BCUT2D eigenvalue weighted by molar-refractivity contribution is 7.98. The maximum absolute atomic E-state index is 15.0. The van der Waals surface area contributed by atoms with E-state index in [4.69, 9.17) is 0 Å². The summed E-state index contributed by atoms with van der Waals surface area (Å²) in [5, 5.41) is 21.3. The molecule has 0 aliphatic carbocycles. The molecular formula is C56H75N9O8S2. The number of fused-ring (bicyclic) bond motifs is 2. The number of thioether (sulfide) groups is 2. The maximum Gasteiger partial charge on any atom is 0.245 e. The average Bonchev–Trinajstić information content (AvgIpc) is 4.07. The number of benzene rings is 3. The van der Waals surface area contributed by atoms with Crippen molar-refractivity contribution in [2.45, 2.75) is 134 Å². The van der Waals surface area contributed by atoms with Crippen LogP contribution in [0.2, 0.25) is 0 Å². The molecule has 3 heterocycles. The molecule has 404 valence electrons. The second-order valence-electron chi connectivity index (χ2n) is 20.1. The summed E-state index contributed by atoms with van der Waals surface area (Å²) in [6.07, 6.45) is 7.45. The minimum atomic E-state index is -1.28. The maximum atomic E-state index is 15.0. The fraction of sp³-hybridized carbons (Fsp3) is 0.500. The predicted molar refractivity (Wildman–Crippen MR) is 295 cm³/mol. The van der Waals surface area contributed by atoms with Crippen molar-refractivity contribution in [2.75, 3.05) is 30.6 Å². The van der Waals surface area contributed by atoms with Crippen LogP contribution in [0.4, 0.5) is 0 Å². The monoisotopic (exact) mass is 1070 g/mol. The number of aromatic amines is 1. The highest BCUT2D eigenvalue weighted by Gasteiger charge is 2.41. The van der Waals surface area contributed by atoms with Crippen molar-refractivity contribution in [1.29, 1.82) is 0 Å². The molecule has 3 aromatic carbocycles. The number of H-pyrrole nitrogens is 1. The van der Waals surface area contributed by atoms with Crippen molar-refractivity contribution >= 4 is 81.7 Å². The summed E-state index contributed by atoms with van der Waals surface area (Å²) in [5.74, 6) is -4.43. The van der Waals surface area contributed by atoms with Crippen molar-refractivity contribution < 1.29 is 38.4 Å². The lowest BCUT2D eigenvalue weighted by atomic mass is 9.96. The van der Waals surface area contributed by atoms with E-state index in [1.54, 1.807) is 6.20 Å². The van der Waals surface area contributed by atoms with Gasteiger partial charge < -0.3 is 47.1 Å². The van der Waals surface area contributed by atoms with E-state index in [0.717, 1.165) is 16.5 Å². The predicted octanol–water partition coefficient (Wildman–Crippen LogP) is 4.19. The summed E-state index contributed by atoms with van der Waals surface area (Å²) in [7, 11) is 0. The first-order valence-electron chi connectivity index (χ1n) is 26.1. The fourth-order valence-corrected chi connectivity index (χ4v) is 10.6. The van der Waals surface area contributed by atoms with Crippen molar-refractivity contribution in [3.8, 4) is 0 Å². The number of nitrogens with one attached hydrogen (secondary N) is 8. The van der Waals surface area contributed by atoms with Gasteiger partial charge in [-0.1, -0.05) is 113 Å². The van der Waals surface area contributed by atoms with E-state index in [1.807, 2.05) is 125 Å². The van der Waals surface area contributed by atoms with Crippen LogP contribution in [0.25, 0.3) is 10.9 Å². The molecule has 8 N–H and O–H groups in total. The van der Waals surface area contributed by atoms with Crippen LogP contribution in [0.15, 0.2) is 91.1 Å². The Labute approximate surface area is 449 Å². The van der Waals surface area contributed by atoms with Gasteiger partial charge in [-0.05, 0) is 90.7 Å². The highest BCUT2D eigenvalue weighted by Crippen LogP contribution is 2.23. The van der Waals surface area contributed by atoms with E-state index in [-0.39, 0.29) is 51.0 Å². The Morgan fingerprint density at radius 2 is 1.03 bits per heavy atom. The molecule has 2 aliphatic rings. The zero-order valence-corrected chi connectivity index (χ0v) is 45.6. The molecule has 0 bridgehead atoms. The van der Waals surface area contributed by atoms with Gasteiger partial charge in [-0.15, -0.1) is 0 Å². The van der Waals surface area contributed by atoms with Gasteiger partial charge in [-0.25, -0.2) is 0 Å². The number of hydrogen-bond acceptors (Lipinski definition) is 10. The van der Waals surface area contributed by atoms with Crippen LogP contribution in [0.3, 0.4) is 0 Å². The van der Waals surface area contributed by atoms with Gasteiger partial charge in [0, 0.05) is 42.9 Å². The molecule has 0 spiro atoms. The molecule has 0 saturated carbocycles. The van der Waals surface area contributed by atoms with Crippen molar-refractivity contribution in [3.63, 3.8) is 0 Å².